The monoisotopic (exact) mass is 337 g/mol. The minimum atomic E-state index is -0.124. The number of carbonyl (C=O) groups excluding carboxylic acids is 1. The minimum Gasteiger partial charge on any atom is -0.497 e. The van der Waals surface area contributed by atoms with Crippen molar-refractivity contribution in [1.29, 1.82) is 0 Å². The minimum absolute atomic E-state index is 0.0715. The Morgan fingerprint density at radius 2 is 1.48 bits per heavy atom. The van der Waals surface area contributed by atoms with Gasteiger partial charge in [0.25, 0.3) is 0 Å². The number of methoxy groups -OCH3 is 2. The molecule has 0 saturated carbocycles. The van der Waals surface area contributed by atoms with Gasteiger partial charge >= 0.3 is 0 Å². The number of amides is 1. The number of ether oxygens (including phenoxy) is 2. The normalized spacial score (nSPS) is 20.5. The molecule has 1 aliphatic rings. The summed E-state index contributed by atoms with van der Waals surface area (Å²) >= 11 is 0. The fraction of sp³-hybridized carbons (Fsp3) is 0.286. The van der Waals surface area contributed by atoms with Gasteiger partial charge in [-0.1, -0.05) is 25.6 Å². The number of anilines is 1. The van der Waals surface area contributed by atoms with E-state index in [2.05, 4.69) is 6.58 Å². The molecule has 1 aliphatic heterocycles. The van der Waals surface area contributed by atoms with E-state index in [1.54, 1.807) is 19.1 Å². The summed E-state index contributed by atoms with van der Waals surface area (Å²) in [7, 11) is 3.28. The van der Waals surface area contributed by atoms with Crippen molar-refractivity contribution >= 4 is 11.6 Å². The van der Waals surface area contributed by atoms with Crippen molar-refractivity contribution in [3.63, 3.8) is 0 Å². The maximum atomic E-state index is 13.0. The molecule has 0 aliphatic carbocycles. The number of benzene rings is 2. The fourth-order valence-corrected chi connectivity index (χ4v) is 3.35. The molecule has 2 atom stereocenters. The van der Waals surface area contributed by atoms with Gasteiger partial charge in [0.15, 0.2) is 0 Å². The van der Waals surface area contributed by atoms with E-state index >= 15 is 0 Å². The lowest BCUT2D eigenvalue weighted by molar-refractivity contribution is -0.123. The van der Waals surface area contributed by atoms with Crippen LogP contribution in [0, 0.1) is 5.92 Å². The van der Waals surface area contributed by atoms with Crippen LogP contribution in [0.5, 0.6) is 11.5 Å². The summed E-state index contributed by atoms with van der Waals surface area (Å²) in [5, 5.41) is 0. The van der Waals surface area contributed by atoms with Gasteiger partial charge < -0.3 is 9.47 Å². The van der Waals surface area contributed by atoms with Gasteiger partial charge in [-0.05, 0) is 48.4 Å². The van der Waals surface area contributed by atoms with Crippen LogP contribution in [0.2, 0.25) is 0 Å². The summed E-state index contributed by atoms with van der Waals surface area (Å²) in [5.74, 6) is 1.66. The maximum Gasteiger partial charge on any atom is 0.234 e. The van der Waals surface area contributed by atoms with E-state index in [1.165, 1.54) is 0 Å². The Kier molecular flexibility index (Phi) is 4.79. The summed E-state index contributed by atoms with van der Waals surface area (Å²) in [5.41, 5.74) is 2.78. The molecule has 1 unspecified atom stereocenters. The molecule has 2 aromatic carbocycles. The first-order chi connectivity index (χ1) is 12.0. The number of carbonyl (C=O) groups is 1. The Morgan fingerprint density at radius 3 is 2.00 bits per heavy atom. The van der Waals surface area contributed by atoms with Crippen molar-refractivity contribution in [2.75, 3.05) is 19.1 Å². The van der Waals surface area contributed by atoms with Gasteiger partial charge in [-0.25, -0.2) is 0 Å². The first-order valence-electron chi connectivity index (χ1n) is 8.35. The Labute approximate surface area is 148 Å². The van der Waals surface area contributed by atoms with Crippen LogP contribution in [0.25, 0.3) is 0 Å². The summed E-state index contributed by atoms with van der Waals surface area (Å²) in [4.78, 5) is 14.7. The topological polar surface area (TPSA) is 38.8 Å². The molecule has 0 radical (unpaired) electrons. The third-order valence-corrected chi connectivity index (χ3v) is 4.86. The number of hydrogen-bond donors (Lipinski definition) is 0. The Bertz CT molecular complexity index is 765. The zero-order chi connectivity index (χ0) is 18.0. The van der Waals surface area contributed by atoms with Crippen LogP contribution in [0.1, 0.15) is 24.8 Å². The van der Waals surface area contributed by atoms with Crippen LogP contribution in [0.3, 0.4) is 0 Å². The standard InChI is InChI=1S/C21H23NO3/c1-14-13-20(16-5-9-18(24-3)10-6-16)15(2)21(23)22(14)17-7-11-19(25-4)12-8-17/h5-12,15,20H,1,13H2,2-4H3/t15?,20-/m1/s1. The second-order valence-electron chi connectivity index (χ2n) is 6.31. The van der Waals surface area contributed by atoms with E-state index < -0.39 is 0 Å². The third-order valence-electron chi connectivity index (χ3n) is 4.86. The number of piperidine rings is 1. The fourth-order valence-electron chi connectivity index (χ4n) is 3.35. The Hall–Kier alpha value is -2.75. The van der Waals surface area contributed by atoms with Gasteiger partial charge in [0.2, 0.25) is 5.91 Å². The van der Waals surface area contributed by atoms with E-state index in [4.69, 9.17) is 9.47 Å². The van der Waals surface area contributed by atoms with Gasteiger partial charge in [0, 0.05) is 23.2 Å². The molecule has 0 spiro atoms. The van der Waals surface area contributed by atoms with Crippen molar-refractivity contribution in [3.05, 3.63) is 66.4 Å². The molecule has 0 N–H and O–H groups in total. The zero-order valence-corrected chi connectivity index (χ0v) is 14.9. The van der Waals surface area contributed by atoms with Crippen LogP contribution >= 0.6 is 0 Å². The summed E-state index contributed by atoms with van der Waals surface area (Å²) in [6, 6.07) is 15.4. The first kappa shape index (κ1) is 17.1. The quantitative estimate of drug-likeness (QED) is 0.831. The largest absolute Gasteiger partial charge is 0.497 e. The highest BCUT2D eigenvalue weighted by Crippen LogP contribution is 2.40. The Morgan fingerprint density at radius 1 is 0.960 bits per heavy atom. The lowest BCUT2D eigenvalue weighted by atomic mass is 9.79. The number of rotatable bonds is 4. The van der Waals surface area contributed by atoms with E-state index in [0.29, 0.717) is 0 Å². The highest BCUT2D eigenvalue weighted by Gasteiger charge is 2.37. The van der Waals surface area contributed by atoms with Crippen LogP contribution in [0.4, 0.5) is 5.69 Å². The summed E-state index contributed by atoms with van der Waals surface area (Å²) < 4.78 is 10.4. The van der Waals surface area contributed by atoms with Crippen LogP contribution in [0.15, 0.2) is 60.8 Å². The molecule has 1 fully saturated rings. The predicted octanol–water partition coefficient (Wildman–Crippen LogP) is 4.37. The van der Waals surface area contributed by atoms with E-state index in [-0.39, 0.29) is 17.7 Å². The maximum absolute atomic E-state index is 13.0. The van der Waals surface area contributed by atoms with E-state index in [0.717, 1.165) is 34.9 Å². The van der Waals surface area contributed by atoms with Gasteiger partial charge in [-0.2, -0.15) is 0 Å². The van der Waals surface area contributed by atoms with E-state index in [9.17, 15) is 4.79 Å². The molecule has 1 amide bonds. The van der Waals surface area contributed by atoms with Crippen molar-refractivity contribution < 1.29 is 14.3 Å². The number of hydrogen-bond acceptors (Lipinski definition) is 3. The molecule has 3 rings (SSSR count). The van der Waals surface area contributed by atoms with Crippen molar-refractivity contribution in [1.82, 2.24) is 0 Å². The van der Waals surface area contributed by atoms with Gasteiger partial charge in [-0.3, -0.25) is 9.69 Å². The average molecular weight is 337 g/mol. The molecule has 4 heteroatoms. The molecule has 130 valence electrons. The second kappa shape index (κ2) is 7.01. The number of allylic oxidation sites excluding steroid dienone is 1. The molecule has 1 heterocycles. The van der Waals surface area contributed by atoms with E-state index in [1.807, 2.05) is 55.5 Å². The molecule has 0 aromatic heterocycles. The molecular weight excluding hydrogens is 314 g/mol. The lowest BCUT2D eigenvalue weighted by Gasteiger charge is -2.38. The van der Waals surface area contributed by atoms with Crippen molar-refractivity contribution in [2.24, 2.45) is 5.92 Å². The molecule has 1 saturated heterocycles. The van der Waals surface area contributed by atoms with Crippen LogP contribution in [-0.2, 0) is 4.79 Å². The Balaban J connectivity index is 1.85. The van der Waals surface area contributed by atoms with Gasteiger partial charge in [0.05, 0.1) is 14.2 Å². The summed E-state index contributed by atoms with van der Waals surface area (Å²) in [6.45, 7) is 6.14. The number of nitrogens with zero attached hydrogens (tertiary/aromatic N) is 1. The predicted molar refractivity (Wildman–Crippen MR) is 99.1 cm³/mol. The smallest absolute Gasteiger partial charge is 0.234 e. The summed E-state index contributed by atoms with van der Waals surface area (Å²) in [6.07, 6.45) is 0.741. The lowest BCUT2D eigenvalue weighted by Crippen LogP contribution is -2.42. The third kappa shape index (κ3) is 3.25. The first-order valence-corrected chi connectivity index (χ1v) is 8.35. The molecule has 0 bridgehead atoms. The highest BCUT2D eigenvalue weighted by atomic mass is 16.5. The van der Waals surface area contributed by atoms with Crippen LogP contribution < -0.4 is 14.4 Å². The highest BCUT2D eigenvalue weighted by molar-refractivity contribution is 5.99. The van der Waals surface area contributed by atoms with Gasteiger partial charge in [0.1, 0.15) is 11.5 Å². The van der Waals surface area contributed by atoms with Gasteiger partial charge in [-0.15, -0.1) is 0 Å². The molecular formula is C21H23NO3. The zero-order valence-electron chi connectivity index (χ0n) is 14.9. The molecule has 25 heavy (non-hydrogen) atoms. The van der Waals surface area contributed by atoms with Crippen molar-refractivity contribution in [2.45, 2.75) is 19.3 Å². The second-order valence-corrected chi connectivity index (χ2v) is 6.31. The molecule has 4 nitrogen and oxygen atoms in total. The van der Waals surface area contributed by atoms with Crippen molar-refractivity contribution in [3.8, 4) is 11.5 Å². The SMILES string of the molecule is C=C1C[C@@H](c2ccc(OC)cc2)C(C)C(=O)N1c1ccc(OC)cc1. The van der Waals surface area contributed by atoms with Crippen LogP contribution in [-0.4, -0.2) is 20.1 Å². The average Bonchev–Trinajstić information content (AvgIpc) is 2.65. The molecule has 2 aromatic rings.